The number of amides is 4. The topological polar surface area (TPSA) is 299 Å². The number of aliphatic carboxylic acids is 3. The molecule has 20 nitrogen and oxygen atoms in total. The standard InChI is InChI=1S/C49H86N4O16/c1-38(39(2)54)20-17-18-28-50-43(56)27-26-42(49(64)65)53-46(59)37-69-35-33-67-31-29-51-45(58)36-68-34-32-66-30-19-21-40(55)24-25-41(48(62)63)52-44(57)22-15-13-11-9-7-5-3-4-6-8-10-12-14-16-23-47(60)61/h38,41-42H,3-37H2,1-2H3,(H,50,56)(H,51,58)(H,52,57)(H,53,59)(H,60,61)(H,62,63)(H,64,65)/t38-,41-,42-/m0/s1. The molecule has 0 aliphatic heterocycles. The lowest BCUT2D eigenvalue weighted by molar-refractivity contribution is -0.143. The largest absolute Gasteiger partial charge is 0.481 e. The highest BCUT2D eigenvalue weighted by Gasteiger charge is 2.22. The van der Waals surface area contributed by atoms with Crippen LogP contribution >= 0.6 is 0 Å². The van der Waals surface area contributed by atoms with Crippen molar-refractivity contribution in [2.45, 2.75) is 186 Å². The number of hydrogen-bond acceptors (Lipinski definition) is 13. The van der Waals surface area contributed by atoms with Crippen molar-refractivity contribution in [1.29, 1.82) is 0 Å². The zero-order valence-electron chi connectivity index (χ0n) is 41.6. The van der Waals surface area contributed by atoms with Gasteiger partial charge in [-0.3, -0.25) is 33.6 Å². The number of unbranched alkanes of at least 4 members (excludes halogenated alkanes) is 14. The van der Waals surface area contributed by atoms with E-state index in [-0.39, 0.29) is 133 Å². The predicted octanol–water partition coefficient (Wildman–Crippen LogP) is 5.06. The van der Waals surface area contributed by atoms with Gasteiger partial charge in [-0.05, 0) is 51.9 Å². The molecule has 398 valence electrons. The molecule has 20 heteroatoms. The minimum Gasteiger partial charge on any atom is -0.481 e. The molecule has 0 aliphatic rings. The highest BCUT2D eigenvalue weighted by molar-refractivity contribution is 5.86. The van der Waals surface area contributed by atoms with E-state index in [0.717, 1.165) is 57.8 Å². The fourth-order valence-corrected chi connectivity index (χ4v) is 6.96. The van der Waals surface area contributed by atoms with Crippen LogP contribution in [0.4, 0.5) is 0 Å². The van der Waals surface area contributed by atoms with Crippen LogP contribution in [0.5, 0.6) is 0 Å². The monoisotopic (exact) mass is 987 g/mol. The molecule has 7 N–H and O–H groups in total. The molecule has 0 aromatic carbocycles. The maximum Gasteiger partial charge on any atom is 0.326 e. The summed E-state index contributed by atoms with van der Waals surface area (Å²) in [5.41, 5.74) is 0. The van der Waals surface area contributed by atoms with Gasteiger partial charge in [0, 0.05) is 57.7 Å². The molecule has 0 unspecified atom stereocenters. The van der Waals surface area contributed by atoms with Gasteiger partial charge >= 0.3 is 17.9 Å². The fourth-order valence-electron chi connectivity index (χ4n) is 6.96. The number of nitrogens with one attached hydrogen (secondary N) is 4. The summed E-state index contributed by atoms with van der Waals surface area (Å²) in [6.45, 7) is 4.38. The molecular weight excluding hydrogens is 901 g/mol. The Balaban J connectivity index is 3.79. The highest BCUT2D eigenvalue weighted by Crippen LogP contribution is 2.14. The summed E-state index contributed by atoms with van der Waals surface area (Å²) in [6, 6.07) is -2.38. The molecule has 3 atom stereocenters. The van der Waals surface area contributed by atoms with E-state index in [1.165, 1.54) is 38.5 Å². The van der Waals surface area contributed by atoms with Crippen molar-refractivity contribution in [1.82, 2.24) is 21.3 Å². The third-order valence-electron chi connectivity index (χ3n) is 11.3. The van der Waals surface area contributed by atoms with E-state index < -0.39 is 42.5 Å². The molecule has 0 saturated heterocycles. The first-order valence-corrected chi connectivity index (χ1v) is 25.2. The molecule has 0 radical (unpaired) electrons. The van der Waals surface area contributed by atoms with Crippen molar-refractivity contribution in [3.63, 3.8) is 0 Å². The Morgan fingerprint density at radius 2 is 0.870 bits per heavy atom. The first kappa shape index (κ1) is 64.5. The second-order valence-electron chi connectivity index (χ2n) is 17.5. The lowest BCUT2D eigenvalue weighted by Gasteiger charge is -2.15. The average molecular weight is 987 g/mol. The smallest absolute Gasteiger partial charge is 0.326 e. The summed E-state index contributed by atoms with van der Waals surface area (Å²) in [7, 11) is 0. The van der Waals surface area contributed by atoms with Crippen molar-refractivity contribution >= 4 is 53.1 Å². The number of hydrogen-bond donors (Lipinski definition) is 7. The van der Waals surface area contributed by atoms with E-state index in [4.69, 9.17) is 24.1 Å². The van der Waals surface area contributed by atoms with Crippen LogP contribution in [-0.4, -0.2) is 146 Å². The molecule has 0 spiro atoms. The van der Waals surface area contributed by atoms with Crippen LogP contribution in [0.2, 0.25) is 0 Å². The third kappa shape index (κ3) is 43.2. The maximum absolute atomic E-state index is 12.4. The van der Waals surface area contributed by atoms with Gasteiger partial charge in [0.15, 0.2) is 0 Å². The maximum atomic E-state index is 12.4. The van der Waals surface area contributed by atoms with Gasteiger partial charge in [-0.2, -0.15) is 0 Å². The van der Waals surface area contributed by atoms with Gasteiger partial charge in [0.05, 0.1) is 33.0 Å². The van der Waals surface area contributed by atoms with Crippen LogP contribution in [0, 0.1) is 5.92 Å². The highest BCUT2D eigenvalue weighted by atomic mass is 16.5. The lowest BCUT2D eigenvalue weighted by Crippen LogP contribution is -2.43. The Morgan fingerprint density at radius 1 is 0.406 bits per heavy atom. The Bertz CT molecular complexity index is 1460. The molecule has 0 heterocycles. The Hall–Kier alpha value is -4.53. The van der Waals surface area contributed by atoms with E-state index in [1.54, 1.807) is 6.92 Å². The second-order valence-corrected chi connectivity index (χ2v) is 17.5. The van der Waals surface area contributed by atoms with Gasteiger partial charge in [-0.15, -0.1) is 0 Å². The predicted molar refractivity (Wildman–Crippen MR) is 256 cm³/mol. The van der Waals surface area contributed by atoms with Gasteiger partial charge in [-0.25, -0.2) is 9.59 Å². The van der Waals surface area contributed by atoms with Crippen LogP contribution in [0.3, 0.4) is 0 Å². The van der Waals surface area contributed by atoms with E-state index >= 15 is 0 Å². The van der Waals surface area contributed by atoms with Crippen molar-refractivity contribution in [3.8, 4) is 0 Å². The molecular formula is C49H86N4O16. The molecule has 69 heavy (non-hydrogen) atoms. The zero-order valence-corrected chi connectivity index (χ0v) is 41.6. The number of carboxylic acid groups (broad SMARTS) is 3. The lowest BCUT2D eigenvalue weighted by atomic mass is 10.0. The van der Waals surface area contributed by atoms with Crippen molar-refractivity contribution in [3.05, 3.63) is 0 Å². The summed E-state index contributed by atoms with van der Waals surface area (Å²) >= 11 is 0. The Kier molecular flexibility index (Phi) is 41.7. The van der Waals surface area contributed by atoms with Crippen LogP contribution in [-0.2, 0) is 62.1 Å². The van der Waals surface area contributed by atoms with Crippen molar-refractivity contribution in [2.24, 2.45) is 5.92 Å². The number of carbonyl (C=O) groups is 9. The minimum absolute atomic E-state index is 0.0149. The molecule has 0 bridgehead atoms. The van der Waals surface area contributed by atoms with Gasteiger partial charge in [-0.1, -0.05) is 90.4 Å². The SMILES string of the molecule is CC(=O)[C@@H](C)CCCCNC(=O)CC[C@H](NC(=O)COCCOCCNC(=O)COCCOCCCC(=O)CC[C@H](NC(=O)CCCCCCCCCCCCCCCCC(=O)O)C(=O)O)C(=O)O. The first-order chi connectivity index (χ1) is 33.1. The number of ether oxygens (including phenoxy) is 4. The Labute approximate surface area is 409 Å². The van der Waals surface area contributed by atoms with Gasteiger partial charge in [0.2, 0.25) is 23.6 Å². The minimum atomic E-state index is -1.27. The van der Waals surface area contributed by atoms with Crippen LogP contribution in [0.25, 0.3) is 0 Å². The zero-order chi connectivity index (χ0) is 51.3. The van der Waals surface area contributed by atoms with Crippen molar-refractivity contribution in [2.75, 3.05) is 65.9 Å². The normalized spacial score (nSPS) is 12.4. The number of Topliss-reactive ketones (excluding diaryl/α,β-unsaturated/α-hetero) is 2. The second kappa shape index (κ2) is 44.7. The summed E-state index contributed by atoms with van der Waals surface area (Å²) < 4.78 is 21.3. The van der Waals surface area contributed by atoms with Crippen molar-refractivity contribution < 1.29 is 77.4 Å². The third-order valence-corrected chi connectivity index (χ3v) is 11.3. The first-order valence-electron chi connectivity index (χ1n) is 25.2. The molecule has 0 fully saturated rings. The van der Waals surface area contributed by atoms with E-state index in [2.05, 4.69) is 21.3 Å². The van der Waals surface area contributed by atoms with E-state index in [9.17, 15) is 53.4 Å². The molecule has 0 saturated carbocycles. The summed E-state index contributed by atoms with van der Waals surface area (Å²) in [6.07, 6.45) is 18.2. The average Bonchev–Trinajstić information content (AvgIpc) is 3.29. The molecule has 0 aliphatic carbocycles. The molecule has 4 amide bonds. The van der Waals surface area contributed by atoms with E-state index in [0.29, 0.717) is 25.8 Å². The summed E-state index contributed by atoms with van der Waals surface area (Å²) in [5.74, 6) is -4.86. The van der Waals surface area contributed by atoms with Crippen LogP contribution in [0.15, 0.2) is 0 Å². The van der Waals surface area contributed by atoms with E-state index in [1.807, 2.05) is 6.92 Å². The van der Waals surface area contributed by atoms with Crippen LogP contribution in [0.1, 0.15) is 174 Å². The molecule has 0 aromatic heterocycles. The van der Waals surface area contributed by atoms with Gasteiger partial charge in [0.25, 0.3) is 0 Å². The quantitative estimate of drug-likeness (QED) is 0.0392. The van der Waals surface area contributed by atoms with Gasteiger partial charge < -0.3 is 55.5 Å². The van der Waals surface area contributed by atoms with Gasteiger partial charge in [0.1, 0.15) is 36.9 Å². The fraction of sp³-hybridized carbons (Fsp3) is 0.816. The Morgan fingerprint density at radius 3 is 1.41 bits per heavy atom. The van der Waals surface area contributed by atoms with Crippen LogP contribution < -0.4 is 21.3 Å². The summed E-state index contributed by atoms with van der Waals surface area (Å²) in [5, 5.41) is 37.9. The molecule has 0 aromatic rings. The number of carbonyl (C=O) groups excluding carboxylic acids is 6. The summed E-state index contributed by atoms with van der Waals surface area (Å²) in [4.78, 5) is 106. The number of carboxylic acids is 3. The number of ketones is 2. The number of rotatable bonds is 50. The molecule has 0 rings (SSSR count).